The molecule has 0 radical (unpaired) electrons. The average Bonchev–Trinajstić information content (AvgIpc) is 3.36. The van der Waals surface area contributed by atoms with Crippen LogP contribution >= 0.6 is 46.6 Å². The molecule has 5 rings (SSSR count). The smallest absolute Gasteiger partial charge is 0.290 e. The Labute approximate surface area is 209 Å². The fourth-order valence-electron chi connectivity index (χ4n) is 4.31. The molecule has 3 aromatic rings. The van der Waals surface area contributed by atoms with Crippen LogP contribution in [0.4, 0.5) is 4.79 Å². The molecular weight excluding hydrogens is 505 g/mol. The van der Waals surface area contributed by atoms with Crippen molar-refractivity contribution < 1.29 is 14.0 Å². The topological polar surface area (TPSA) is 85.1 Å². The number of hydrogen-bond donors (Lipinski definition) is 1. The molecule has 3 heterocycles. The monoisotopic (exact) mass is 521 g/mol. The Balaban J connectivity index is 1.56. The maximum absolute atomic E-state index is 11.8. The van der Waals surface area contributed by atoms with Crippen molar-refractivity contribution in [1.29, 1.82) is 0 Å². The van der Waals surface area contributed by atoms with Gasteiger partial charge in [-0.15, -0.1) is 0 Å². The first-order valence-corrected chi connectivity index (χ1v) is 12.5. The third-order valence-corrected chi connectivity index (χ3v) is 7.14. The second-order valence-corrected chi connectivity index (χ2v) is 11.4. The lowest BCUT2D eigenvalue weighted by Gasteiger charge is -2.24. The van der Waals surface area contributed by atoms with Gasteiger partial charge in [0.05, 0.1) is 10.6 Å². The van der Waals surface area contributed by atoms with Crippen molar-refractivity contribution in [2.75, 3.05) is 0 Å². The first kappa shape index (κ1) is 22.7. The highest BCUT2D eigenvalue weighted by atomic mass is 35.6. The number of halogens is 3. The average molecular weight is 523 g/mol. The number of aromatic nitrogens is 2. The van der Waals surface area contributed by atoms with E-state index in [1.807, 2.05) is 24.3 Å². The predicted octanol–water partition coefficient (Wildman–Crippen LogP) is 7.09. The van der Waals surface area contributed by atoms with E-state index in [2.05, 4.69) is 15.3 Å². The van der Waals surface area contributed by atoms with Crippen LogP contribution in [0.5, 0.6) is 0 Å². The van der Waals surface area contributed by atoms with E-state index in [0.29, 0.717) is 21.9 Å². The SMILES string of the molecule is O=C1NC(=O)/C(=C\c2ccc(-c3cc4nc(C(Cl)(Cl)Cl)oc4cc3C3CCCCC3)nc2)S1. The van der Waals surface area contributed by atoms with Crippen LogP contribution in [0.15, 0.2) is 39.8 Å². The van der Waals surface area contributed by atoms with E-state index in [1.54, 1.807) is 12.3 Å². The standard InChI is InChI=1S/C23H18Cl3N3O3S/c24-23(25,26)21-28-17-9-15(14(10-18(17)32-21)13-4-2-1-3-5-13)16-7-6-12(11-27-16)8-19-20(30)29-22(31)33-19/h6-11,13H,1-5H2,(H,29,30,31)/b19-8+. The maximum atomic E-state index is 11.8. The quantitative estimate of drug-likeness (QED) is 0.292. The van der Waals surface area contributed by atoms with Gasteiger partial charge >= 0.3 is 0 Å². The number of alkyl halides is 3. The zero-order valence-corrected chi connectivity index (χ0v) is 20.3. The molecule has 2 aliphatic rings. The number of nitrogens with one attached hydrogen (secondary N) is 1. The van der Waals surface area contributed by atoms with Gasteiger partial charge in [0, 0.05) is 11.8 Å². The summed E-state index contributed by atoms with van der Waals surface area (Å²) in [6.07, 6.45) is 9.11. The summed E-state index contributed by atoms with van der Waals surface area (Å²) < 4.78 is 4.02. The zero-order chi connectivity index (χ0) is 23.2. The summed E-state index contributed by atoms with van der Waals surface area (Å²) in [6, 6.07) is 7.70. The highest BCUT2D eigenvalue weighted by Gasteiger charge is 2.31. The molecule has 1 saturated heterocycles. The number of carbonyl (C=O) groups is 2. The molecule has 1 N–H and O–H groups in total. The van der Waals surface area contributed by atoms with Crippen molar-refractivity contribution in [2.45, 2.75) is 41.8 Å². The largest absolute Gasteiger partial charge is 0.436 e. The van der Waals surface area contributed by atoms with Gasteiger partial charge in [0.1, 0.15) is 5.52 Å². The molecule has 1 aromatic carbocycles. The highest BCUT2D eigenvalue weighted by molar-refractivity contribution is 8.18. The van der Waals surface area contributed by atoms with Gasteiger partial charge in [0.2, 0.25) is 5.89 Å². The van der Waals surface area contributed by atoms with E-state index >= 15 is 0 Å². The lowest BCUT2D eigenvalue weighted by Crippen LogP contribution is -2.17. The number of hydrogen-bond acceptors (Lipinski definition) is 6. The third-order valence-electron chi connectivity index (χ3n) is 5.85. The number of thioether (sulfide) groups is 1. The fourth-order valence-corrected chi connectivity index (χ4v) is 5.23. The summed E-state index contributed by atoms with van der Waals surface area (Å²) in [7, 11) is 0. The van der Waals surface area contributed by atoms with Gasteiger partial charge in [-0.25, -0.2) is 4.98 Å². The summed E-state index contributed by atoms with van der Waals surface area (Å²) in [6.45, 7) is 0. The molecule has 0 bridgehead atoms. The zero-order valence-electron chi connectivity index (χ0n) is 17.2. The second kappa shape index (κ2) is 8.95. The Morgan fingerprint density at radius 3 is 2.55 bits per heavy atom. The molecule has 1 saturated carbocycles. The van der Waals surface area contributed by atoms with Crippen molar-refractivity contribution >= 4 is 74.9 Å². The Bertz CT molecular complexity index is 1280. The summed E-state index contributed by atoms with van der Waals surface area (Å²) in [4.78, 5) is 32.6. The van der Waals surface area contributed by atoms with Gasteiger partial charge < -0.3 is 4.42 Å². The van der Waals surface area contributed by atoms with Crippen molar-refractivity contribution in [2.24, 2.45) is 0 Å². The van der Waals surface area contributed by atoms with Gasteiger partial charge in [0.25, 0.3) is 14.9 Å². The number of amides is 2. The molecule has 0 unspecified atom stereocenters. The van der Waals surface area contributed by atoms with Crippen LogP contribution in [0.1, 0.15) is 55.0 Å². The van der Waals surface area contributed by atoms with Crippen LogP contribution in [0, 0.1) is 0 Å². The lowest BCUT2D eigenvalue weighted by molar-refractivity contribution is -0.115. The molecule has 33 heavy (non-hydrogen) atoms. The van der Waals surface area contributed by atoms with E-state index in [9.17, 15) is 9.59 Å². The van der Waals surface area contributed by atoms with E-state index in [1.165, 1.54) is 19.3 Å². The van der Waals surface area contributed by atoms with Crippen LogP contribution in [0.25, 0.3) is 28.4 Å². The first-order chi connectivity index (χ1) is 15.8. The van der Waals surface area contributed by atoms with Gasteiger partial charge in [-0.3, -0.25) is 19.9 Å². The van der Waals surface area contributed by atoms with E-state index in [0.717, 1.165) is 47.0 Å². The van der Waals surface area contributed by atoms with E-state index in [4.69, 9.17) is 39.2 Å². The number of benzene rings is 1. The van der Waals surface area contributed by atoms with Crippen LogP contribution in [0.3, 0.4) is 0 Å². The minimum absolute atomic E-state index is 0.0334. The minimum atomic E-state index is -1.75. The normalized spacial score (nSPS) is 18.9. The number of carbonyl (C=O) groups excluding carboxylic acids is 2. The maximum Gasteiger partial charge on any atom is 0.290 e. The van der Waals surface area contributed by atoms with E-state index < -0.39 is 9.70 Å². The number of nitrogens with zero attached hydrogens (tertiary/aromatic N) is 2. The first-order valence-electron chi connectivity index (χ1n) is 10.5. The molecule has 2 fully saturated rings. The third kappa shape index (κ3) is 4.78. The van der Waals surface area contributed by atoms with E-state index in [-0.39, 0.29) is 11.1 Å². The van der Waals surface area contributed by atoms with Gasteiger partial charge in [-0.1, -0.05) is 60.1 Å². The van der Waals surface area contributed by atoms with Crippen LogP contribution in [-0.2, 0) is 8.59 Å². The summed E-state index contributed by atoms with van der Waals surface area (Å²) in [5, 5.41) is 1.88. The van der Waals surface area contributed by atoms with Gasteiger partial charge in [0.15, 0.2) is 5.58 Å². The van der Waals surface area contributed by atoms with Crippen molar-refractivity contribution in [3.05, 3.63) is 52.4 Å². The predicted molar refractivity (Wildman–Crippen MR) is 131 cm³/mol. The molecule has 2 amide bonds. The molecule has 6 nitrogen and oxygen atoms in total. The second-order valence-electron chi connectivity index (χ2n) is 8.09. The van der Waals surface area contributed by atoms with Crippen molar-refractivity contribution in [3.8, 4) is 11.3 Å². The minimum Gasteiger partial charge on any atom is -0.436 e. The Hall–Kier alpha value is -2.06. The number of oxazole rings is 1. The molecule has 10 heteroatoms. The van der Waals surface area contributed by atoms with Gasteiger partial charge in [-0.2, -0.15) is 0 Å². The summed E-state index contributed by atoms with van der Waals surface area (Å²) >= 11 is 18.8. The Kier molecular flexibility index (Phi) is 6.16. The molecular formula is C23H18Cl3N3O3S. The van der Waals surface area contributed by atoms with Crippen molar-refractivity contribution in [3.63, 3.8) is 0 Å². The Morgan fingerprint density at radius 2 is 1.91 bits per heavy atom. The fraction of sp³-hybridized carbons (Fsp3) is 0.304. The van der Waals surface area contributed by atoms with Crippen LogP contribution < -0.4 is 5.32 Å². The number of imide groups is 1. The van der Waals surface area contributed by atoms with Crippen molar-refractivity contribution in [1.82, 2.24) is 15.3 Å². The number of fused-ring (bicyclic) bond motifs is 1. The molecule has 0 spiro atoms. The van der Waals surface area contributed by atoms with Crippen LogP contribution in [-0.4, -0.2) is 21.1 Å². The molecule has 2 aromatic heterocycles. The molecule has 1 aliphatic carbocycles. The van der Waals surface area contributed by atoms with Crippen LogP contribution in [0.2, 0.25) is 0 Å². The van der Waals surface area contributed by atoms with Gasteiger partial charge in [-0.05, 0) is 65.9 Å². The lowest BCUT2D eigenvalue weighted by atomic mass is 9.81. The number of pyridine rings is 1. The highest BCUT2D eigenvalue weighted by Crippen LogP contribution is 2.43. The molecule has 0 atom stereocenters. The molecule has 170 valence electrons. The summed E-state index contributed by atoms with van der Waals surface area (Å²) in [5.41, 5.74) is 4.78. The molecule has 1 aliphatic heterocycles. The number of rotatable bonds is 3. The Morgan fingerprint density at radius 1 is 1.12 bits per heavy atom. The summed E-state index contributed by atoms with van der Waals surface area (Å²) in [5.74, 6) is 0.0219.